The molecule has 5 nitrogen and oxygen atoms in total. The monoisotopic (exact) mass is 268 g/mol. The normalized spacial score (nSPS) is 29.4. The molecule has 2 unspecified atom stereocenters. The molecule has 0 aromatic rings. The highest BCUT2D eigenvalue weighted by Crippen LogP contribution is 2.17. The van der Waals surface area contributed by atoms with Crippen LogP contribution in [0, 0.1) is 5.92 Å². The second kappa shape index (κ2) is 5.90. The van der Waals surface area contributed by atoms with Crippen molar-refractivity contribution < 1.29 is 14.3 Å². The lowest BCUT2D eigenvalue weighted by molar-refractivity contribution is -0.159. The van der Waals surface area contributed by atoms with Gasteiger partial charge in [-0.05, 0) is 32.6 Å². The first-order valence-electron chi connectivity index (χ1n) is 7.21. The van der Waals surface area contributed by atoms with Gasteiger partial charge in [-0.25, -0.2) is 0 Å². The molecule has 2 amide bonds. The van der Waals surface area contributed by atoms with Crippen LogP contribution in [0.4, 0.5) is 0 Å². The molecule has 2 fully saturated rings. The Bertz CT molecular complexity index is 341. The number of carbonyl (C=O) groups excluding carboxylic acids is 2. The topological polar surface area (TPSA) is 49.9 Å². The van der Waals surface area contributed by atoms with Gasteiger partial charge >= 0.3 is 11.8 Å². The van der Waals surface area contributed by atoms with Gasteiger partial charge in [-0.2, -0.15) is 0 Å². The van der Waals surface area contributed by atoms with Gasteiger partial charge in [0.2, 0.25) is 0 Å². The van der Waals surface area contributed by atoms with Crippen LogP contribution in [0.15, 0.2) is 0 Å². The Labute approximate surface area is 114 Å². The number of hydrogen-bond donors (Lipinski definition) is 0. The first kappa shape index (κ1) is 14.3. The van der Waals surface area contributed by atoms with Gasteiger partial charge in [-0.15, -0.1) is 0 Å². The number of likely N-dealkylation sites (tertiary alicyclic amines) is 1. The number of ether oxygens (including phenoxy) is 1. The van der Waals surface area contributed by atoms with Crippen LogP contribution >= 0.6 is 0 Å². The van der Waals surface area contributed by atoms with Gasteiger partial charge in [0.15, 0.2) is 0 Å². The zero-order valence-electron chi connectivity index (χ0n) is 12.1. The Kier molecular flexibility index (Phi) is 4.45. The molecule has 108 valence electrons. The molecule has 0 bridgehead atoms. The molecule has 0 radical (unpaired) electrons. The maximum absolute atomic E-state index is 12.2. The average Bonchev–Trinajstić information content (AvgIpc) is 2.37. The van der Waals surface area contributed by atoms with Gasteiger partial charge in [0.25, 0.3) is 0 Å². The van der Waals surface area contributed by atoms with E-state index < -0.39 is 0 Å². The van der Waals surface area contributed by atoms with Crippen LogP contribution in [-0.4, -0.2) is 60.0 Å². The molecule has 0 saturated carbocycles. The number of amides is 2. The summed E-state index contributed by atoms with van der Waals surface area (Å²) in [5, 5.41) is 0. The predicted molar refractivity (Wildman–Crippen MR) is 71.6 cm³/mol. The Hall–Kier alpha value is -1.10. The largest absolute Gasteiger partial charge is 0.372 e. The van der Waals surface area contributed by atoms with Crippen molar-refractivity contribution in [2.45, 2.75) is 45.8 Å². The van der Waals surface area contributed by atoms with Crippen LogP contribution < -0.4 is 0 Å². The number of carbonyl (C=O) groups is 2. The second-order valence-electron chi connectivity index (χ2n) is 5.94. The number of nitrogens with zero attached hydrogens (tertiary/aromatic N) is 2. The zero-order chi connectivity index (χ0) is 14.0. The maximum atomic E-state index is 12.2. The van der Waals surface area contributed by atoms with E-state index in [-0.39, 0.29) is 24.0 Å². The van der Waals surface area contributed by atoms with E-state index in [2.05, 4.69) is 6.92 Å². The molecule has 2 aliphatic rings. The van der Waals surface area contributed by atoms with Crippen molar-refractivity contribution in [1.82, 2.24) is 9.80 Å². The standard InChI is InChI=1S/C14H24N2O3/c1-10-4-6-15(7-5-10)13(17)14(18)16-8-11(2)19-12(3)9-16/h10-12H,4-9H2,1-3H3. The smallest absolute Gasteiger partial charge is 0.312 e. The molecule has 0 aliphatic carbocycles. The molecule has 2 rings (SSSR count). The molecule has 2 aliphatic heterocycles. The fourth-order valence-corrected chi connectivity index (χ4v) is 2.83. The summed E-state index contributed by atoms with van der Waals surface area (Å²) in [5.74, 6) is -0.0488. The van der Waals surface area contributed by atoms with Gasteiger partial charge in [0, 0.05) is 26.2 Å². The average molecular weight is 268 g/mol. The fraction of sp³-hybridized carbons (Fsp3) is 0.857. The van der Waals surface area contributed by atoms with E-state index in [1.165, 1.54) is 0 Å². The van der Waals surface area contributed by atoms with Gasteiger partial charge in [-0.1, -0.05) is 6.92 Å². The Morgan fingerprint density at radius 3 is 1.89 bits per heavy atom. The van der Waals surface area contributed by atoms with Crippen LogP contribution in [0.2, 0.25) is 0 Å². The summed E-state index contributed by atoms with van der Waals surface area (Å²) in [5.41, 5.74) is 0. The molecule has 2 atom stereocenters. The van der Waals surface area contributed by atoms with E-state index >= 15 is 0 Å². The third-order valence-corrected chi connectivity index (χ3v) is 3.96. The summed E-state index contributed by atoms with van der Waals surface area (Å²) >= 11 is 0. The van der Waals surface area contributed by atoms with Crippen molar-refractivity contribution in [1.29, 1.82) is 0 Å². The molecule has 0 spiro atoms. The SMILES string of the molecule is CC1CCN(C(=O)C(=O)N2CC(C)OC(C)C2)CC1. The van der Waals surface area contributed by atoms with Crippen molar-refractivity contribution in [3.05, 3.63) is 0 Å². The number of hydrogen-bond acceptors (Lipinski definition) is 3. The Balaban J connectivity index is 1.93. The van der Waals surface area contributed by atoms with Crippen LogP contribution in [0.25, 0.3) is 0 Å². The first-order chi connectivity index (χ1) is 8.97. The molecule has 0 aromatic heterocycles. The number of morpholine rings is 1. The minimum absolute atomic E-state index is 0.00174. The quantitative estimate of drug-likeness (QED) is 0.613. The van der Waals surface area contributed by atoms with Crippen LogP contribution in [0.1, 0.15) is 33.6 Å². The molecule has 5 heteroatoms. The second-order valence-corrected chi connectivity index (χ2v) is 5.94. The van der Waals surface area contributed by atoms with Crippen LogP contribution in [0.3, 0.4) is 0 Å². The van der Waals surface area contributed by atoms with E-state index in [4.69, 9.17) is 4.74 Å². The van der Waals surface area contributed by atoms with Gasteiger partial charge in [-0.3, -0.25) is 9.59 Å². The molecule has 0 N–H and O–H groups in total. The molecule has 2 heterocycles. The summed E-state index contributed by atoms with van der Waals surface area (Å²) in [4.78, 5) is 27.8. The van der Waals surface area contributed by atoms with E-state index in [9.17, 15) is 9.59 Å². The number of piperidine rings is 1. The molecule has 0 aromatic carbocycles. The highest BCUT2D eigenvalue weighted by atomic mass is 16.5. The predicted octanol–water partition coefficient (Wildman–Crippen LogP) is 0.881. The fourth-order valence-electron chi connectivity index (χ4n) is 2.83. The summed E-state index contributed by atoms with van der Waals surface area (Å²) in [6.45, 7) is 8.50. The van der Waals surface area contributed by atoms with Crippen LogP contribution in [0.5, 0.6) is 0 Å². The third kappa shape index (κ3) is 3.47. The maximum Gasteiger partial charge on any atom is 0.312 e. The van der Waals surface area contributed by atoms with E-state index in [1.807, 2.05) is 13.8 Å². The molecular formula is C14H24N2O3. The van der Waals surface area contributed by atoms with E-state index in [0.29, 0.717) is 32.1 Å². The highest BCUT2D eigenvalue weighted by Gasteiger charge is 2.33. The zero-order valence-corrected chi connectivity index (χ0v) is 12.1. The minimum Gasteiger partial charge on any atom is -0.372 e. The minimum atomic E-state index is -0.364. The van der Waals surface area contributed by atoms with E-state index in [0.717, 1.165) is 12.8 Å². The third-order valence-electron chi connectivity index (χ3n) is 3.96. The highest BCUT2D eigenvalue weighted by molar-refractivity contribution is 6.34. The first-order valence-corrected chi connectivity index (χ1v) is 7.21. The van der Waals surface area contributed by atoms with Gasteiger partial charge in [0.1, 0.15) is 0 Å². The Morgan fingerprint density at radius 1 is 0.895 bits per heavy atom. The molecule has 2 saturated heterocycles. The van der Waals surface area contributed by atoms with E-state index in [1.54, 1.807) is 9.80 Å². The van der Waals surface area contributed by atoms with Gasteiger partial charge < -0.3 is 14.5 Å². The van der Waals surface area contributed by atoms with Gasteiger partial charge in [0.05, 0.1) is 12.2 Å². The molecule has 19 heavy (non-hydrogen) atoms. The molecular weight excluding hydrogens is 244 g/mol. The summed E-state index contributed by atoms with van der Waals surface area (Å²) < 4.78 is 5.59. The van der Waals surface area contributed by atoms with Crippen molar-refractivity contribution in [2.24, 2.45) is 5.92 Å². The number of rotatable bonds is 0. The lowest BCUT2D eigenvalue weighted by Crippen LogP contribution is -2.54. The Morgan fingerprint density at radius 2 is 1.37 bits per heavy atom. The van der Waals surface area contributed by atoms with Crippen molar-refractivity contribution in [2.75, 3.05) is 26.2 Å². The summed E-state index contributed by atoms with van der Waals surface area (Å²) in [7, 11) is 0. The summed E-state index contributed by atoms with van der Waals surface area (Å²) in [6.07, 6.45) is 1.99. The lowest BCUT2D eigenvalue weighted by Gasteiger charge is -2.37. The van der Waals surface area contributed by atoms with Crippen LogP contribution in [-0.2, 0) is 14.3 Å². The van der Waals surface area contributed by atoms with Crippen molar-refractivity contribution >= 4 is 11.8 Å². The van der Waals surface area contributed by atoms with Crippen molar-refractivity contribution in [3.8, 4) is 0 Å². The van der Waals surface area contributed by atoms with Crippen molar-refractivity contribution in [3.63, 3.8) is 0 Å². The summed E-state index contributed by atoms with van der Waals surface area (Å²) in [6, 6.07) is 0. The lowest BCUT2D eigenvalue weighted by atomic mass is 9.99.